The first-order chi connectivity index (χ1) is 18.3. The molecular weight excluding hydrogens is 522 g/mol. The third-order valence-corrected chi connectivity index (χ3v) is 8.63. The van der Waals surface area contributed by atoms with Crippen LogP contribution in [0.4, 0.5) is 10.8 Å². The summed E-state index contributed by atoms with van der Waals surface area (Å²) in [4.78, 5) is 50.8. The number of amides is 2. The number of halogens is 1. The van der Waals surface area contributed by atoms with E-state index in [1.807, 2.05) is 45.0 Å². The molecule has 2 aliphatic heterocycles. The minimum atomic E-state index is -1.76. The van der Waals surface area contributed by atoms with E-state index in [0.29, 0.717) is 27.9 Å². The molecule has 7 rings (SSSR count). The zero-order valence-electron chi connectivity index (χ0n) is 20.7. The Balaban J connectivity index is 1.64. The third-order valence-electron chi connectivity index (χ3n) is 7.41. The Bertz CT molecular complexity index is 1940. The second-order valence-electron chi connectivity index (χ2n) is 9.62. The number of para-hydroxylation sites is 1. The van der Waals surface area contributed by atoms with E-state index in [1.165, 1.54) is 22.3 Å². The van der Waals surface area contributed by atoms with Crippen LogP contribution in [0.2, 0.25) is 5.02 Å². The normalized spacial score (nSPS) is 18.3. The number of aryl methyl sites for hydroxylation is 2. The van der Waals surface area contributed by atoms with Gasteiger partial charge in [0.1, 0.15) is 5.58 Å². The van der Waals surface area contributed by atoms with Gasteiger partial charge in [0, 0.05) is 17.1 Å². The van der Waals surface area contributed by atoms with Crippen LogP contribution in [0.5, 0.6) is 0 Å². The number of thiazole rings is 1. The fourth-order valence-corrected chi connectivity index (χ4v) is 7.27. The lowest BCUT2D eigenvalue weighted by Crippen LogP contribution is -2.53. The van der Waals surface area contributed by atoms with Gasteiger partial charge in [0.15, 0.2) is 16.1 Å². The molecule has 9 heteroatoms. The van der Waals surface area contributed by atoms with Crippen molar-refractivity contribution in [2.45, 2.75) is 26.3 Å². The number of hydrogen-bond donors (Lipinski definition) is 0. The summed E-state index contributed by atoms with van der Waals surface area (Å²) in [6, 6.07) is 16.0. The quantitative estimate of drug-likeness (QED) is 0.276. The molecule has 0 bridgehead atoms. The Morgan fingerprint density at radius 3 is 2.63 bits per heavy atom. The van der Waals surface area contributed by atoms with Gasteiger partial charge in [-0.3, -0.25) is 19.3 Å². The van der Waals surface area contributed by atoms with E-state index in [2.05, 4.69) is 0 Å². The Hall–Kier alpha value is -4.01. The van der Waals surface area contributed by atoms with Crippen molar-refractivity contribution in [3.05, 3.63) is 97.9 Å². The summed E-state index contributed by atoms with van der Waals surface area (Å²) < 4.78 is 6.98. The Morgan fingerprint density at radius 1 is 1.05 bits per heavy atom. The van der Waals surface area contributed by atoms with E-state index in [4.69, 9.17) is 21.0 Å². The number of rotatable bonds is 2. The smallest absolute Gasteiger partial charge is 0.297 e. The molecule has 2 amide bonds. The number of carbonyl (C=O) groups is 2. The SMILES string of the molecule is CCN1C(=O)C2(c3ccccc31)c1c(oc3ccc(Cl)cc3c1=O)C(=O)N2c1nc2c(C)cc(C)cc2s1. The predicted molar refractivity (Wildman–Crippen MR) is 149 cm³/mol. The first-order valence-corrected chi connectivity index (χ1v) is 13.4. The number of aromatic nitrogens is 1. The van der Waals surface area contributed by atoms with Gasteiger partial charge in [0.2, 0.25) is 5.76 Å². The molecule has 0 saturated carbocycles. The first kappa shape index (κ1) is 23.1. The van der Waals surface area contributed by atoms with Gasteiger partial charge in [-0.1, -0.05) is 47.2 Å². The maximum Gasteiger partial charge on any atom is 0.297 e. The van der Waals surface area contributed by atoms with Crippen molar-refractivity contribution >= 4 is 66.8 Å². The predicted octanol–water partition coefficient (Wildman–Crippen LogP) is 5.94. The number of likely N-dealkylation sites (N-methyl/N-ethyl adjacent to an activating group) is 1. The summed E-state index contributed by atoms with van der Waals surface area (Å²) in [6.07, 6.45) is 0. The summed E-state index contributed by atoms with van der Waals surface area (Å²) in [5.41, 5.74) is 1.96. The summed E-state index contributed by atoms with van der Waals surface area (Å²) in [6.45, 7) is 6.19. The van der Waals surface area contributed by atoms with Gasteiger partial charge in [-0.05, 0) is 62.2 Å². The zero-order valence-corrected chi connectivity index (χ0v) is 22.2. The molecule has 0 saturated heterocycles. The maximum absolute atomic E-state index is 14.5. The van der Waals surface area contributed by atoms with Crippen molar-refractivity contribution < 1.29 is 14.0 Å². The Labute approximate surface area is 225 Å². The average molecular weight is 542 g/mol. The fourth-order valence-electron chi connectivity index (χ4n) is 5.90. The molecule has 1 spiro atoms. The first-order valence-electron chi connectivity index (χ1n) is 12.2. The minimum Gasteiger partial charge on any atom is -0.450 e. The summed E-state index contributed by atoms with van der Waals surface area (Å²) in [5.74, 6) is -1.13. The van der Waals surface area contributed by atoms with Crippen LogP contribution in [-0.2, 0) is 10.3 Å². The zero-order chi connectivity index (χ0) is 26.5. The minimum absolute atomic E-state index is 0.00201. The molecule has 7 nitrogen and oxygen atoms in total. The number of benzene rings is 3. The molecule has 2 aliphatic rings. The highest BCUT2D eigenvalue weighted by Gasteiger charge is 2.66. The van der Waals surface area contributed by atoms with E-state index in [0.717, 1.165) is 21.3 Å². The highest BCUT2D eigenvalue weighted by Crippen LogP contribution is 2.54. The molecule has 0 fully saturated rings. The highest BCUT2D eigenvalue weighted by atomic mass is 35.5. The van der Waals surface area contributed by atoms with Crippen LogP contribution < -0.4 is 15.2 Å². The number of anilines is 2. The van der Waals surface area contributed by atoms with E-state index in [9.17, 15) is 14.4 Å². The van der Waals surface area contributed by atoms with Crippen LogP contribution in [0.3, 0.4) is 0 Å². The van der Waals surface area contributed by atoms with Crippen LogP contribution in [0.15, 0.2) is 63.8 Å². The lowest BCUT2D eigenvalue weighted by molar-refractivity contribution is -0.121. The van der Waals surface area contributed by atoms with Crippen LogP contribution >= 0.6 is 22.9 Å². The molecule has 3 aromatic carbocycles. The van der Waals surface area contributed by atoms with E-state index in [-0.39, 0.29) is 22.3 Å². The second kappa shape index (κ2) is 7.75. The summed E-state index contributed by atoms with van der Waals surface area (Å²) >= 11 is 7.55. The molecule has 0 N–H and O–H groups in total. The number of nitrogens with zero attached hydrogens (tertiary/aromatic N) is 3. The van der Waals surface area contributed by atoms with E-state index >= 15 is 0 Å². The van der Waals surface area contributed by atoms with Crippen LogP contribution in [-0.4, -0.2) is 23.3 Å². The summed E-state index contributed by atoms with van der Waals surface area (Å²) in [5, 5.41) is 0.888. The second-order valence-corrected chi connectivity index (χ2v) is 11.1. The number of hydrogen-bond acceptors (Lipinski definition) is 6. The molecule has 2 aromatic heterocycles. The monoisotopic (exact) mass is 541 g/mol. The number of fused-ring (bicyclic) bond motifs is 6. The van der Waals surface area contributed by atoms with Crippen molar-refractivity contribution in [1.82, 2.24) is 4.98 Å². The van der Waals surface area contributed by atoms with Crippen molar-refractivity contribution in [2.75, 3.05) is 16.3 Å². The molecule has 4 heterocycles. The number of carbonyl (C=O) groups excluding carboxylic acids is 2. The van der Waals surface area contributed by atoms with Gasteiger partial charge < -0.3 is 9.32 Å². The fraction of sp³-hybridized carbons (Fsp3) is 0.172. The molecule has 188 valence electrons. The molecular formula is C29H20ClN3O4S. The van der Waals surface area contributed by atoms with Crippen LogP contribution in [0, 0.1) is 13.8 Å². The Morgan fingerprint density at radius 2 is 1.84 bits per heavy atom. The standard InChI is InChI=1S/C29H20ClN3O4S/c1-4-32-19-8-6-5-7-18(19)29(27(32)36)22-24(34)17-13-16(30)9-10-20(17)37-25(22)26(35)33(29)28-31-23-15(3)11-14(2)12-21(23)38-28/h5-13H,4H2,1-3H3. The largest absolute Gasteiger partial charge is 0.450 e. The van der Waals surface area contributed by atoms with E-state index < -0.39 is 22.8 Å². The summed E-state index contributed by atoms with van der Waals surface area (Å²) in [7, 11) is 0. The van der Waals surface area contributed by atoms with Crippen LogP contribution in [0.25, 0.3) is 21.2 Å². The van der Waals surface area contributed by atoms with Crippen molar-refractivity contribution in [3.8, 4) is 0 Å². The average Bonchev–Trinajstić information content (AvgIpc) is 3.50. The van der Waals surface area contributed by atoms with Crippen molar-refractivity contribution in [3.63, 3.8) is 0 Å². The lowest BCUT2D eigenvalue weighted by atomic mass is 9.84. The van der Waals surface area contributed by atoms with E-state index in [1.54, 1.807) is 29.2 Å². The van der Waals surface area contributed by atoms with Crippen molar-refractivity contribution in [1.29, 1.82) is 0 Å². The van der Waals surface area contributed by atoms with Gasteiger partial charge in [-0.25, -0.2) is 4.98 Å². The third kappa shape index (κ3) is 2.73. The van der Waals surface area contributed by atoms with Gasteiger partial charge in [0.25, 0.3) is 11.8 Å². The lowest BCUT2D eigenvalue weighted by Gasteiger charge is -2.32. The van der Waals surface area contributed by atoms with Crippen LogP contribution in [0.1, 0.15) is 39.7 Å². The molecule has 5 aromatic rings. The molecule has 1 atom stereocenters. The molecule has 38 heavy (non-hydrogen) atoms. The molecule has 0 aliphatic carbocycles. The maximum atomic E-state index is 14.5. The van der Waals surface area contributed by atoms with Gasteiger partial charge in [-0.15, -0.1) is 0 Å². The highest BCUT2D eigenvalue weighted by molar-refractivity contribution is 7.22. The molecule has 1 unspecified atom stereocenters. The molecule has 0 radical (unpaired) electrons. The van der Waals surface area contributed by atoms with Gasteiger partial charge >= 0.3 is 0 Å². The Kier molecular flexibility index (Phi) is 4.72. The topological polar surface area (TPSA) is 83.7 Å². The van der Waals surface area contributed by atoms with Gasteiger partial charge in [-0.2, -0.15) is 0 Å². The van der Waals surface area contributed by atoms with Crippen molar-refractivity contribution in [2.24, 2.45) is 0 Å². The van der Waals surface area contributed by atoms with Gasteiger partial charge in [0.05, 0.1) is 26.9 Å².